The fourth-order valence-corrected chi connectivity index (χ4v) is 2.28. The fraction of sp³-hybridized carbons (Fsp3) is 0.750. The van der Waals surface area contributed by atoms with E-state index in [0.29, 0.717) is 6.42 Å². The molecule has 0 aromatic rings. The summed E-state index contributed by atoms with van der Waals surface area (Å²) in [5.41, 5.74) is 0. The Bertz CT molecular complexity index is 347. The molecule has 0 bridgehead atoms. The summed E-state index contributed by atoms with van der Waals surface area (Å²) in [6.45, 7) is 3.32. The van der Waals surface area contributed by atoms with Crippen molar-refractivity contribution in [1.82, 2.24) is 0 Å². The lowest BCUT2D eigenvalue weighted by Crippen LogP contribution is -2.16. The molecule has 0 N–H and O–H groups in total. The van der Waals surface area contributed by atoms with E-state index >= 15 is 0 Å². The van der Waals surface area contributed by atoms with Crippen LogP contribution in [0.1, 0.15) is 39.5 Å². The van der Waals surface area contributed by atoms with Crippen LogP contribution in [-0.4, -0.2) is 26.0 Å². The SMILES string of the molecule is CCCCCC#C[C@H](OC(C)=O)P(=O)(OC)OC. The van der Waals surface area contributed by atoms with E-state index in [-0.39, 0.29) is 0 Å². The third-order valence-corrected chi connectivity index (χ3v) is 4.03. The average molecular weight is 276 g/mol. The third kappa shape index (κ3) is 6.20. The number of carbonyl (C=O) groups excluding carboxylic acids is 1. The zero-order chi connectivity index (χ0) is 14.0. The van der Waals surface area contributed by atoms with Crippen LogP contribution in [0.15, 0.2) is 0 Å². The molecule has 0 aliphatic rings. The van der Waals surface area contributed by atoms with Crippen molar-refractivity contribution in [2.45, 2.75) is 45.4 Å². The minimum atomic E-state index is -3.52. The first kappa shape index (κ1) is 17.2. The summed E-state index contributed by atoms with van der Waals surface area (Å²) < 4.78 is 26.5. The molecule has 0 radical (unpaired) electrons. The number of ether oxygens (including phenoxy) is 1. The minimum Gasteiger partial charge on any atom is -0.436 e. The van der Waals surface area contributed by atoms with Crippen LogP contribution in [-0.2, 0) is 23.1 Å². The first-order valence-electron chi connectivity index (χ1n) is 5.87. The van der Waals surface area contributed by atoms with Gasteiger partial charge in [0.05, 0.1) is 0 Å². The highest BCUT2D eigenvalue weighted by Gasteiger charge is 2.35. The molecule has 104 valence electrons. The molecule has 0 rings (SSSR count). The summed E-state index contributed by atoms with van der Waals surface area (Å²) in [4.78, 5) is 10.9. The van der Waals surface area contributed by atoms with Crippen LogP contribution in [0.3, 0.4) is 0 Å². The summed E-state index contributed by atoms with van der Waals surface area (Å²) in [5.74, 6) is 3.75. The highest BCUT2D eigenvalue weighted by atomic mass is 31.2. The Hall–Kier alpha value is -0.820. The maximum absolute atomic E-state index is 12.1. The van der Waals surface area contributed by atoms with Gasteiger partial charge in [0.25, 0.3) is 5.85 Å². The van der Waals surface area contributed by atoms with Crippen LogP contribution in [0.5, 0.6) is 0 Å². The molecule has 0 amide bonds. The predicted octanol–water partition coefficient (Wildman–Crippen LogP) is 2.95. The van der Waals surface area contributed by atoms with Gasteiger partial charge >= 0.3 is 13.6 Å². The molecule has 0 unspecified atom stereocenters. The van der Waals surface area contributed by atoms with Gasteiger partial charge in [0.15, 0.2) is 0 Å². The van der Waals surface area contributed by atoms with E-state index in [9.17, 15) is 9.36 Å². The highest BCUT2D eigenvalue weighted by molar-refractivity contribution is 7.54. The van der Waals surface area contributed by atoms with Gasteiger partial charge in [-0.3, -0.25) is 9.36 Å². The van der Waals surface area contributed by atoms with Gasteiger partial charge in [0.2, 0.25) is 0 Å². The zero-order valence-corrected chi connectivity index (χ0v) is 12.3. The van der Waals surface area contributed by atoms with Gasteiger partial charge in [0.1, 0.15) is 0 Å². The van der Waals surface area contributed by atoms with Gasteiger partial charge in [-0.1, -0.05) is 25.7 Å². The molecule has 0 aliphatic heterocycles. The Morgan fingerprint density at radius 2 is 1.89 bits per heavy atom. The molecule has 0 heterocycles. The lowest BCUT2D eigenvalue weighted by Gasteiger charge is -2.19. The molecular weight excluding hydrogens is 255 g/mol. The molecule has 0 fully saturated rings. The third-order valence-electron chi connectivity index (χ3n) is 2.20. The number of hydrogen-bond donors (Lipinski definition) is 0. The molecule has 5 nitrogen and oxygen atoms in total. The molecule has 1 atom stereocenters. The van der Waals surface area contributed by atoms with Crippen molar-refractivity contribution < 1.29 is 23.1 Å². The predicted molar refractivity (Wildman–Crippen MR) is 69.1 cm³/mol. The van der Waals surface area contributed by atoms with E-state index in [1.165, 1.54) is 21.1 Å². The van der Waals surface area contributed by atoms with E-state index in [2.05, 4.69) is 18.8 Å². The number of esters is 1. The molecule has 6 heteroatoms. The summed E-state index contributed by atoms with van der Waals surface area (Å²) in [5, 5.41) is 0. The van der Waals surface area contributed by atoms with E-state index in [0.717, 1.165) is 19.3 Å². The molecule has 18 heavy (non-hydrogen) atoms. The van der Waals surface area contributed by atoms with Gasteiger partial charge in [-0.2, -0.15) is 0 Å². The van der Waals surface area contributed by atoms with Crippen molar-refractivity contribution in [3.8, 4) is 11.8 Å². The Morgan fingerprint density at radius 1 is 1.28 bits per heavy atom. The molecule has 0 saturated heterocycles. The molecule has 0 saturated carbocycles. The van der Waals surface area contributed by atoms with Gasteiger partial charge in [0, 0.05) is 27.6 Å². The number of hydrogen-bond acceptors (Lipinski definition) is 5. The molecular formula is C12H21O5P. The maximum Gasteiger partial charge on any atom is 0.382 e. The van der Waals surface area contributed by atoms with Crippen LogP contribution >= 0.6 is 7.60 Å². The Balaban J connectivity index is 4.68. The van der Waals surface area contributed by atoms with Crippen LogP contribution in [0.2, 0.25) is 0 Å². The van der Waals surface area contributed by atoms with Gasteiger partial charge in [-0.05, 0) is 12.3 Å². The second kappa shape index (κ2) is 9.16. The number of unbranched alkanes of at least 4 members (excludes halogenated alkanes) is 3. The van der Waals surface area contributed by atoms with Crippen LogP contribution in [0.25, 0.3) is 0 Å². The van der Waals surface area contributed by atoms with Crippen molar-refractivity contribution >= 4 is 13.6 Å². The number of carbonyl (C=O) groups is 1. The second-order valence-electron chi connectivity index (χ2n) is 3.64. The second-order valence-corrected chi connectivity index (χ2v) is 5.92. The van der Waals surface area contributed by atoms with Crippen LogP contribution < -0.4 is 0 Å². The number of rotatable bonds is 7. The van der Waals surface area contributed by atoms with Gasteiger partial charge in [-0.15, -0.1) is 0 Å². The van der Waals surface area contributed by atoms with Gasteiger partial charge < -0.3 is 13.8 Å². The van der Waals surface area contributed by atoms with Gasteiger partial charge in [-0.25, -0.2) is 0 Å². The summed E-state index contributed by atoms with van der Waals surface area (Å²) >= 11 is 0. The molecule has 0 aliphatic carbocycles. The first-order valence-corrected chi connectivity index (χ1v) is 7.48. The van der Waals surface area contributed by atoms with E-state index < -0.39 is 19.4 Å². The largest absolute Gasteiger partial charge is 0.436 e. The van der Waals surface area contributed by atoms with Crippen LogP contribution in [0.4, 0.5) is 0 Å². The van der Waals surface area contributed by atoms with E-state index in [1.54, 1.807) is 0 Å². The quantitative estimate of drug-likeness (QED) is 0.309. The first-order chi connectivity index (χ1) is 8.50. The Labute approximate surface area is 109 Å². The fourth-order valence-electron chi connectivity index (χ4n) is 1.22. The van der Waals surface area contributed by atoms with Crippen molar-refractivity contribution in [1.29, 1.82) is 0 Å². The van der Waals surface area contributed by atoms with Crippen molar-refractivity contribution in [3.63, 3.8) is 0 Å². The normalized spacial score (nSPS) is 12.4. The lowest BCUT2D eigenvalue weighted by atomic mass is 10.2. The van der Waals surface area contributed by atoms with Crippen molar-refractivity contribution in [2.75, 3.05) is 14.2 Å². The molecule has 0 spiro atoms. The molecule has 0 aromatic heterocycles. The van der Waals surface area contributed by atoms with E-state index in [4.69, 9.17) is 13.8 Å². The average Bonchev–Trinajstić information content (AvgIpc) is 2.35. The minimum absolute atomic E-state index is 0.572. The monoisotopic (exact) mass is 276 g/mol. The summed E-state index contributed by atoms with van der Waals surface area (Å²) in [6.07, 6.45) is 3.81. The van der Waals surface area contributed by atoms with Crippen molar-refractivity contribution in [3.05, 3.63) is 0 Å². The Morgan fingerprint density at radius 3 is 2.33 bits per heavy atom. The summed E-state index contributed by atoms with van der Waals surface area (Å²) in [6, 6.07) is 0. The topological polar surface area (TPSA) is 61.8 Å². The zero-order valence-electron chi connectivity index (χ0n) is 11.4. The highest BCUT2D eigenvalue weighted by Crippen LogP contribution is 2.51. The smallest absolute Gasteiger partial charge is 0.382 e. The standard InChI is InChI=1S/C12H21O5P/c1-5-6-7-8-9-10-12(17-11(2)13)18(14,15-3)16-4/h12H,5-8H2,1-4H3/t12-/m1/s1. The lowest BCUT2D eigenvalue weighted by molar-refractivity contribution is -0.141. The molecule has 0 aromatic carbocycles. The maximum atomic E-state index is 12.1. The Kier molecular flexibility index (Phi) is 8.74. The van der Waals surface area contributed by atoms with E-state index in [1.807, 2.05) is 0 Å². The summed E-state index contributed by atoms with van der Waals surface area (Å²) in [7, 11) is -1.05. The van der Waals surface area contributed by atoms with Crippen molar-refractivity contribution in [2.24, 2.45) is 0 Å². The van der Waals surface area contributed by atoms with Crippen LogP contribution in [0, 0.1) is 11.8 Å².